The molecule has 0 unspecified atom stereocenters. The van der Waals surface area contributed by atoms with Crippen molar-refractivity contribution in [3.63, 3.8) is 0 Å². The lowest BCUT2D eigenvalue weighted by molar-refractivity contribution is -0.682. The molecular weight excluding hydrogens is 314 g/mol. The zero-order valence-electron chi connectivity index (χ0n) is 12.8. The lowest BCUT2D eigenvalue weighted by Crippen LogP contribution is -2.87. The third kappa shape index (κ3) is 5.39. The molecule has 0 aliphatic carbocycles. The second-order valence-corrected chi connectivity index (χ2v) is 5.58. The molecule has 2 amide bonds. The number of nitrogens with two attached hydrogens (primary N) is 1. The summed E-state index contributed by atoms with van der Waals surface area (Å²) in [5.74, 6) is -0.611. The number of amides is 2. The molecular formula is C17H19ClN3O2+. The van der Waals surface area contributed by atoms with E-state index in [4.69, 9.17) is 11.6 Å². The Balaban J connectivity index is 1.74. The molecule has 0 aliphatic heterocycles. The fraction of sp³-hybridized carbons (Fsp3) is 0.176. The SMILES string of the molecule is C[C@H]([NH2+]CC(=O)NNC(=O)c1ccccc1)c1ccc(Cl)cc1. The van der Waals surface area contributed by atoms with Crippen molar-refractivity contribution in [2.75, 3.05) is 6.54 Å². The predicted molar refractivity (Wildman–Crippen MR) is 88.7 cm³/mol. The van der Waals surface area contributed by atoms with E-state index in [2.05, 4.69) is 10.9 Å². The Hall–Kier alpha value is -2.37. The Morgan fingerprint density at radius 3 is 2.35 bits per heavy atom. The van der Waals surface area contributed by atoms with Gasteiger partial charge in [-0.3, -0.25) is 20.4 Å². The molecule has 1 atom stereocenters. The van der Waals surface area contributed by atoms with E-state index in [9.17, 15) is 9.59 Å². The molecule has 23 heavy (non-hydrogen) atoms. The summed E-state index contributed by atoms with van der Waals surface area (Å²) in [6, 6.07) is 16.3. The number of hydrogen-bond acceptors (Lipinski definition) is 2. The number of hydrogen-bond donors (Lipinski definition) is 3. The highest BCUT2D eigenvalue weighted by Gasteiger charge is 2.12. The Morgan fingerprint density at radius 2 is 1.70 bits per heavy atom. The summed E-state index contributed by atoms with van der Waals surface area (Å²) >= 11 is 5.85. The summed E-state index contributed by atoms with van der Waals surface area (Å²) in [4.78, 5) is 23.6. The number of halogens is 1. The maximum absolute atomic E-state index is 11.8. The monoisotopic (exact) mass is 332 g/mol. The van der Waals surface area contributed by atoms with Gasteiger partial charge in [0, 0.05) is 16.1 Å². The van der Waals surface area contributed by atoms with Crippen LogP contribution in [0.4, 0.5) is 0 Å². The van der Waals surface area contributed by atoms with Crippen LogP contribution in [0.1, 0.15) is 28.9 Å². The molecule has 0 saturated heterocycles. The van der Waals surface area contributed by atoms with E-state index in [-0.39, 0.29) is 24.4 Å². The van der Waals surface area contributed by atoms with E-state index in [0.717, 1.165) is 5.56 Å². The Morgan fingerprint density at radius 1 is 1.04 bits per heavy atom. The highest BCUT2D eigenvalue weighted by molar-refractivity contribution is 6.30. The molecule has 4 N–H and O–H groups in total. The van der Waals surface area contributed by atoms with E-state index in [1.54, 1.807) is 24.3 Å². The van der Waals surface area contributed by atoms with Gasteiger partial charge in [0.1, 0.15) is 6.04 Å². The third-order valence-corrected chi connectivity index (χ3v) is 3.66. The molecule has 120 valence electrons. The van der Waals surface area contributed by atoms with E-state index in [0.29, 0.717) is 10.6 Å². The first-order valence-electron chi connectivity index (χ1n) is 7.29. The van der Waals surface area contributed by atoms with Crippen molar-refractivity contribution >= 4 is 23.4 Å². The van der Waals surface area contributed by atoms with Gasteiger partial charge in [-0.05, 0) is 31.2 Å². The van der Waals surface area contributed by atoms with Crippen LogP contribution >= 0.6 is 11.6 Å². The molecule has 0 bridgehead atoms. The number of carbonyl (C=O) groups excluding carboxylic acids is 2. The number of carbonyl (C=O) groups is 2. The van der Waals surface area contributed by atoms with Crippen molar-refractivity contribution in [1.82, 2.24) is 10.9 Å². The van der Waals surface area contributed by atoms with Gasteiger partial charge in [0.25, 0.3) is 11.8 Å². The Kier molecular flexibility index (Phi) is 6.14. The fourth-order valence-electron chi connectivity index (χ4n) is 2.03. The Bertz CT molecular complexity index is 659. The molecule has 0 heterocycles. The van der Waals surface area contributed by atoms with Crippen molar-refractivity contribution in [1.29, 1.82) is 0 Å². The standard InChI is InChI=1S/C17H18ClN3O2/c1-12(13-7-9-15(18)10-8-13)19-11-16(22)20-21-17(23)14-5-3-2-4-6-14/h2-10,12,19H,11H2,1H3,(H,20,22)(H,21,23)/p+1/t12-/m0/s1. The number of quaternary nitrogens is 1. The van der Waals surface area contributed by atoms with Crippen LogP contribution in [-0.4, -0.2) is 18.4 Å². The molecule has 0 radical (unpaired) electrons. The van der Waals surface area contributed by atoms with Gasteiger partial charge in [-0.25, -0.2) is 0 Å². The second-order valence-electron chi connectivity index (χ2n) is 5.15. The fourth-order valence-corrected chi connectivity index (χ4v) is 2.15. The first-order valence-corrected chi connectivity index (χ1v) is 7.67. The normalized spacial score (nSPS) is 11.6. The van der Waals surface area contributed by atoms with Crippen LogP contribution < -0.4 is 16.2 Å². The van der Waals surface area contributed by atoms with Crippen molar-refractivity contribution < 1.29 is 14.9 Å². The second kappa shape index (κ2) is 8.31. The van der Waals surface area contributed by atoms with Gasteiger partial charge in [-0.2, -0.15) is 0 Å². The molecule has 0 aromatic heterocycles. The van der Waals surface area contributed by atoms with E-state index in [1.807, 2.05) is 42.6 Å². The largest absolute Gasteiger partial charge is 0.332 e. The summed E-state index contributed by atoms with van der Waals surface area (Å²) in [7, 11) is 0. The van der Waals surface area contributed by atoms with Crippen molar-refractivity contribution in [3.05, 3.63) is 70.7 Å². The summed E-state index contributed by atoms with van der Waals surface area (Å²) in [6.07, 6.45) is 0. The van der Waals surface area contributed by atoms with Gasteiger partial charge in [0.05, 0.1) is 0 Å². The minimum atomic E-state index is -0.343. The van der Waals surface area contributed by atoms with Crippen molar-refractivity contribution in [3.8, 4) is 0 Å². The lowest BCUT2D eigenvalue weighted by Gasteiger charge is -2.11. The molecule has 0 fully saturated rings. The maximum Gasteiger partial charge on any atom is 0.293 e. The molecule has 5 nitrogen and oxygen atoms in total. The highest BCUT2D eigenvalue weighted by Crippen LogP contribution is 2.13. The number of benzene rings is 2. The smallest absolute Gasteiger partial charge is 0.293 e. The minimum Gasteiger partial charge on any atom is -0.332 e. The number of nitrogens with one attached hydrogen (secondary N) is 2. The van der Waals surface area contributed by atoms with Crippen LogP contribution in [0.3, 0.4) is 0 Å². The van der Waals surface area contributed by atoms with Crippen LogP contribution in [0.2, 0.25) is 5.02 Å². The van der Waals surface area contributed by atoms with Crippen LogP contribution in [0.25, 0.3) is 0 Å². The van der Waals surface area contributed by atoms with Gasteiger partial charge in [-0.15, -0.1) is 0 Å². The van der Waals surface area contributed by atoms with Gasteiger partial charge in [0.2, 0.25) is 0 Å². The first kappa shape index (κ1) is 17.0. The van der Waals surface area contributed by atoms with Crippen molar-refractivity contribution in [2.45, 2.75) is 13.0 Å². The molecule has 2 rings (SSSR count). The highest BCUT2D eigenvalue weighted by atomic mass is 35.5. The average Bonchev–Trinajstić information content (AvgIpc) is 2.59. The minimum absolute atomic E-state index is 0.114. The summed E-state index contributed by atoms with van der Waals surface area (Å²) < 4.78 is 0. The predicted octanol–water partition coefficient (Wildman–Crippen LogP) is 1.43. The molecule has 0 saturated carbocycles. The summed E-state index contributed by atoms with van der Waals surface area (Å²) in [6.45, 7) is 2.21. The van der Waals surface area contributed by atoms with Crippen LogP contribution in [0, 0.1) is 0 Å². The zero-order chi connectivity index (χ0) is 16.7. The number of rotatable bonds is 5. The molecule has 2 aromatic carbocycles. The third-order valence-electron chi connectivity index (χ3n) is 3.40. The van der Waals surface area contributed by atoms with Gasteiger partial charge >= 0.3 is 0 Å². The first-order chi connectivity index (χ1) is 11.1. The van der Waals surface area contributed by atoms with E-state index < -0.39 is 0 Å². The molecule has 0 spiro atoms. The number of hydrazine groups is 1. The van der Waals surface area contributed by atoms with Crippen molar-refractivity contribution in [2.24, 2.45) is 0 Å². The van der Waals surface area contributed by atoms with E-state index >= 15 is 0 Å². The molecule has 6 heteroatoms. The quantitative estimate of drug-likeness (QED) is 0.724. The zero-order valence-corrected chi connectivity index (χ0v) is 13.5. The summed E-state index contributed by atoms with van der Waals surface area (Å²) in [5.41, 5.74) is 6.37. The lowest BCUT2D eigenvalue weighted by atomic mass is 10.1. The van der Waals surface area contributed by atoms with Gasteiger partial charge in [0.15, 0.2) is 6.54 Å². The van der Waals surface area contributed by atoms with Crippen LogP contribution in [0.15, 0.2) is 54.6 Å². The average molecular weight is 333 g/mol. The summed E-state index contributed by atoms with van der Waals surface area (Å²) in [5, 5.41) is 2.56. The van der Waals surface area contributed by atoms with Gasteiger partial charge < -0.3 is 5.32 Å². The molecule has 2 aromatic rings. The van der Waals surface area contributed by atoms with Crippen LogP contribution in [0.5, 0.6) is 0 Å². The molecule has 0 aliphatic rings. The Labute approximate surface area is 140 Å². The van der Waals surface area contributed by atoms with E-state index in [1.165, 1.54) is 0 Å². The van der Waals surface area contributed by atoms with Crippen LogP contribution in [-0.2, 0) is 4.79 Å². The topological polar surface area (TPSA) is 74.8 Å². The maximum atomic E-state index is 11.8. The van der Waals surface area contributed by atoms with Gasteiger partial charge in [-0.1, -0.05) is 41.9 Å².